The first-order chi connectivity index (χ1) is 9.17. The first-order valence-electron chi connectivity index (χ1n) is 7.54. The fourth-order valence-corrected chi connectivity index (χ4v) is 2.62. The summed E-state index contributed by atoms with van der Waals surface area (Å²) in [5.74, 6) is 0.156. The van der Waals surface area contributed by atoms with E-state index in [0.29, 0.717) is 12.3 Å². The van der Waals surface area contributed by atoms with Crippen LogP contribution in [0.3, 0.4) is 0 Å². The Hall–Kier alpha value is -1.10. The van der Waals surface area contributed by atoms with Gasteiger partial charge in [-0.1, -0.05) is 6.42 Å². The Morgan fingerprint density at radius 1 is 1.30 bits per heavy atom. The largest absolute Gasteiger partial charge is 0.350 e. The first kappa shape index (κ1) is 17.0. The molecule has 4 N–H and O–H groups in total. The third-order valence-electron chi connectivity index (χ3n) is 3.57. The average molecular weight is 283 g/mol. The summed E-state index contributed by atoms with van der Waals surface area (Å²) in [5, 5.41) is 5.63. The van der Waals surface area contributed by atoms with Crippen molar-refractivity contribution in [2.24, 2.45) is 11.7 Å². The van der Waals surface area contributed by atoms with Crippen LogP contribution in [0.25, 0.3) is 0 Å². The SMILES string of the molecule is CC(NC(=O)CC1CCCC(N)C1)C(=O)NC(C)(C)C. The van der Waals surface area contributed by atoms with Gasteiger partial charge in [0.1, 0.15) is 6.04 Å². The van der Waals surface area contributed by atoms with E-state index < -0.39 is 6.04 Å². The summed E-state index contributed by atoms with van der Waals surface area (Å²) >= 11 is 0. The highest BCUT2D eigenvalue weighted by Gasteiger charge is 2.24. The highest BCUT2D eigenvalue weighted by Crippen LogP contribution is 2.25. The van der Waals surface area contributed by atoms with Crippen molar-refractivity contribution in [2.45, 2.75) is 77.4 Å². The standard InChI is InChI=1S/C15H29N3O2/c1-10(14(20)18-15(2,3)4)17-13(19)9-11-6-5-7-12(16)8-11/h10-12H,5-9,16H2,1-4H3,(H,17,19)(H,18,20). The zero-order valence-electron chi connectivity index (χ0n) is 13.2. The minimum Gasteiger partial charge on any atom is -0.350 e. The van der Waals surface area contributed by atoms with Gasteiger partial charge in [-0.15, -0.1) is 0 Å². The summed E-state index contributed by atoms with van der Waals surface area (Å²) in [6, 6.07) is -0.276. The van der Waals surface area contributed by atoms with Crippen LogP contribution in [0.5, 0.6) is 0 Å². The van der Waals surface area contributed by atoms with E-state index >= 15 is 0 Å². The Labute approximate surface area is 122 Å². The van der Waals surface area contributed by atoms with Crippen LogP contribution in [0.4, 0.5) is 0 Å². The smallest absolute Gasteiger partial charge is 0.242 e. The molecule has 5 heteroatoms. The van der Waals surface area contributed by atoms with Gasteiger partial charge in [0, 0.05) is 18.0 Å². The van der Waals surface area contributed by atoms with Crippen LogP contribution in [0.2, 0.25) is 0 Å². The summed E-state index contributed by atoms with van der Waals surface area (Å²) < 4.78 is 0. The van der Waals surface area contributed by atoms with E-state index in [9.17, 15) is 9.59 Å². The number of hydrogen-bond donors (Lipinski definition) is 3. The number of carbonyl (C=O) groups excluding carboxylic acids is 2. The van der Waals surface area contributed by atoms with Crippen LogP contribution in [0, 0.1) is 5.92 Å². The van der Waals surface area contributed by atoms with E-state index in [4.69, 9.17) is 5.73 Å². The van der Waals surface area contributed by atoms with Crippen LogP contribution >= 0.6 is 0 Å². The third-order valence-corrected chi connectivity index (χ3v) is 3.57. The van der Waals surface area contributed by atoms with Gasteiger partial charge in [0.05, 0.1) is 0 Å². The zero-order chi connectivity index (χ0) is 15.3. The molecule has 1 aliphatic carbocycles. The summed E-state index contributed by atoms with van der Waals surface area (Å²) in [4.78, 5) is 23.9. The van der Waals surface area contributed by atoms with Gasteiger partial charge in [0.15, 0.2) is 0 Å². The lowest BCUT2D eigenvalue weighted by Crippen LogP contribution is -2.51. The van der Waals surface area contributed by atoms with E-state index in [-0.39, 0.29) is 23.4 Å². The van der Waals surface area contributed by atoms with Gasteiger partial charge in [-0.2, -0.15) is 0 Å². The molecule has 0 radical (unpaired) electrons. The molecule has 0 aromatic carbocycles. The molecule has 1 saturated carbocycles. The molecule has 0 heterocycles. The predicted molar refractivity (Wildman–Crippen MR) is 80.1 cm³/mol. The Bertz CT molecular complexity index is 350. The molecule has 116 valence electrons. The van der Waals surface area contributed by atoms with E-state index in [2.05, 4.69) is 10.6 Å². The molecule has 2 amide bonds. The summed E-state index contributed by atoms with van der Waals surface area (Å²) in [7, 11) is 0. The minimum absolute atomic E-state index is 0.0549. The van der Waals surface area contributed by atoms with E-state index in [1.54, 1.807) is 6.92 Å². The molecule has 3 atom stereocenters. The molecule has 0 spiro atoms. The van der Waals surface area contributed by atoms with Gasteiger partial charge in [-0.05, 0) is 52.9 Å². The van der Waals surface area contributed by atoms with Gasteiger partial charge < -0.3 is 16.4 Å². The lowest BCUT2D eigenvalue weighted by Gasteiger charge is -2.27. The van der Waals surface area contributed by atoms with Gasteiger partial charge in [-0.25, -0.2) is 0 Å². The van der Waals surface area contributed by atoms with Crippen molar-refractivity contribution in [1.82, 2.24) is 10.6 Å². The predicted octanol–water partition coefficient (Wildman–Crippen LogP) is 1.31. The Kier molecular flexibility index (Phi) is 5.99. The molecule has 0 aromatic heterocycles. The van der Waals surface area contributed by atoms with Gasteiger partial charge in [-0.3, -0.25) is 9.59 Å². The quantitative estimate of drug-likeness (QED) is 0.727. The van der Waals surface area contributed by atoms with Crippen molar-refractivity contribution in [3.8, 4) is 0 Å². The number of amides is 2. The average Bonchev–Trinajstić information content (AvgIpc) is 2.26. The summed E-state index contributed by atoms with van der Waals surface area (Å²) in [6.45, 7) is 7.47. The number of nitrogens with two attached hydrogens (primary N) is 1. The van der Waals surface area contributed by atoms with Crippen molar-refractivity contribution in [2.75, 3.05) is 0 Å². The maximum Gasteiger partial charge on any atom is 0.242 e. The highest BCUT2D eigenvalue weighted by atomic mass is 16.2. The monoisotopic (exact) mass is 283 g/mol. The van der Waals surface area contributed by atoms with Crippen molar-refractivity contribution < 1.29 is 9.59 Å². The molecule has 20 heavy (non-hydrogen) atoms. The van der Waals surface area contributed by atoms with Gasteiger partial charge >= 0.3 is 0 Å². The van der Waals surface area contributed by atoms with Crippen LogP contribution in [0.15, 0.2) is 0 Å². The van der Waals surface area contributed by atoms with E-state index in [1.165, 1.54) is 0 Å². The van der Waals surface area contributed by atoms with Crippen LogP contribution < -0.4 is 16.4 Å². The zero-order valence-corrected chi connectivity index (χ0v) is 13.2. The van der Waals surface area contributed by atoms with Gasteiger partial charge in [0.25, 0.3) is 0 Å². The molecule has 0 bridgehead atoms. The highest BCUT2D eigenvalue weighted by molar-refractivity contribution is 5.87. The maximum atomic E-state index is 12.0. The second-order valence-electron chi connectivity index (χ2n) is 7.03. The van der Waals surface area contributed by atoms with Crippen molar-refractivity contribution in [1.29, 1.82) is 0 Å². The van der Waals surface area contributed by atoms with Crippen LogP contribution in [0.1, 0.15) is 59.8 Å². The molecule has 0 aliphatic heterocycles. The summed E-state index contributed by atoms with van der Waals surface area (Å²) in [5.41, 5.74) is 5.64. The van der Waals surface area contributed by atoms with Crippen molar-refractivity contribution >= 4 is 11.8 Å². The van der Waals surface area contributed by atoms with Crippen LogP contribution in [-0.4, -0.2) is 29.4 Å². The minimum atomic E-state index is -0.501. The molecule has 3 unspecified atom stereocenters. The van der Waals surface area contributed by atoms with Crippen molar-refractivity contribution in [3.05, 3.63) is 0 Å². The molecule has 1 rings (SSSR count). The third kappa shape index (κ3) is 6.37. The Balaban J connectivity index is 2.36. The normalized spacial score (nSPS) is 24.9. The number of hydrogen-bond acceptors (Lipinski definition) is 3. The second kappa shape index (κ2) is 7.07. The molecular formula is C15H29N3O2. The van der Waals surface area contributed by atoms with Gasteiger partial charge in [0.2, 0.25) is 11.8 Å². The number of rotatable bonds is 4. The second-order valence-corrected chi connectivity index (χ2v) is 7.03. The van der Waals surface area contributed by atoms with Crippen molar-refractivity contribution in [3.63, 3.8) is 0 Å². The van der Waals surface area contributed by atoms with E-state index in [0.717, 1.165) is 25.7 Å². The molecule has 1 aliphatic rings. The Morgan fingerprint density at radius 3 is 2.50 bits per heavy atom. The maximum absolute atomic E-state index is 12.0. The topological polar surface area (TPSA) is 84.2 Å². The lowest BCUT2D eigenvalue weighted by atomic mass is 9.84. The number of carbonyl (C=O) groups is 2. The molecular weight excluding hydrogens is 254 g/mol. The molecule has 0 aromatic rings. The summed E-state index contributed by atoms with van der Waals surface area (Å²) in [6.07, 6.45) is 4.60. The number of nitrogens with one attached hydrogen (secondary N) is 2. The lowest BCUT2D eigenvalue weighted by molar-refractivity contribution is -0.130. The fraction of sp³-hybridized carbons (Fsp3) is 0.867. The molecule has 1 fully saturated rings. The Morgan fingerprint density at radius 2 is 1.95 bits per heavy atom. The van der Waals surface area contributed by atoms with E-state index in [1.807, 2.05) is 20.8 Å². The molecule has 0 saturated heterocycles. The first-order valence-corrected chi connectivity index (χ1v) is 7.54. The van der Waals surface area contributed by atoms with Crippen LogP contribution in [-0.2, 0) is 9.59 Å². The molecule has 5 nitrogen and oxygen atoms in total. The fourth-order valence-electron chi connectivity index (χ4n) is 2.62.